The topological polar surface area (TPSA) is 152 Å². The summed E-state index contributed by atoms with van der Waals surface area (Å²) in [4.78, 5) is 38.3. The number of carbonyl (C=O) groups is 3. The van der Waals surface area contributed by atoms with Gasteiger partial charge in [-0.05, 0) is 60.4 Å². The van der Waals surface area contributed by atoms with Gasteiger partial charge >= 0.3 is 5.97 Å². The molecule has 0 bridgehead atoms. The van der Waals surface area contributed by atoms with Gasteiger partial charge in [0.25, 0.3) is 11.8 Å². The van der Waals surface area contributed by atoms with Crippen LogP contribution in [0.3, 0.4) is 0 Å². The fourth-order valence-electron chi connectivity index (χ4n) is 4.60. The molecule has 0 saturated heterocycles. The number of aliphatic carboxylic acids is 1. The van der Waals surface area contributed by atoms with Gasteiger partial charge in [-0.15, -0.1) is 0 Å². The number of benzene rings is 3. The monoisotopic (exact) mass is 606 g/mol. The quantitative estimate of drug-likeness (QED) is 0.230. The fraction of sp³-hybridized carbons (Fsp3) is 0.258. The number of nitrogens with one attached hydrogen (secondary N) is 1. The van der Waals surface area contributed by atoms with E-state index in [0.29, 0.717) is 28.0 Å². The van der Waals surface area contributed by atoms with Crippen LogP contribution in [0.2, 0.25) is 0 Å². The standard InChI is InChI=1S/C31H33N3O8S/c1-18(2)28(31(37)38)34(43(39)40)23-15-11-21(12-16-23)20-9-13-22(14-10-20)32-30(36)29-19(3)27-24(7-6-8-25(27)42-29)41-17-26(35)33(4)5/h6-16,18,28H,17H2,1-5H3,(H,32,36)(H,37,38)(H,39,40)/p-1. The summed E-state index contributed by atoms with van der Waals surface area (Å²) in [6, 6.07) is 17.5. The average Bonchev–Trinajstić information content (AvgIpc) is 3.31. The molecule has 3 aromatic carbocycles. The molecular formula is C31H32N3O8S-. The van der Waals surface area contributed by atoms with Crippen molar-refractivity contribution in [2.45, 2.75) is 26.8 Å². The molecule has 4 aromatic rings. The van der Waals surface area contributed by atoms with Crippen LogP contribution in [0.4, 0.5) is 11.4 Å². The maximum atomic E-state index is 13.1. The Bertz CT molecular complexity index is 1660. The number of carboxylic acids is 1. The van der Waals surface area contributed by atoms with Gasteiger partial charge in [0.1, 0.15) is 17.4 Å². The lowest BCUT2D eigenvalue weighted by atomic mass is 10.0. The Morgan fingerprint density at radius 3 is 2.14 bits per heavy atom. The number of hydrogen-bond donors (Lipinski definition) is 2. The second-order valence-corrected chi connectivity index (χ2v) is 11.2. The molecule has 0 radical (unpaired) electrons. The summed E-state index contributed by atoms with van der Waals surface area (Å²) in [5.41, 5.74) is 3.36. The van der Waals surface area contributed by atoms with Crippen molar-refractivity contribution in [1.29, 1.82) is 0 Å². The molecule has 4 rings (SSSR count). The molecule has 0 aliphatic rings. The van der Waals surface area contributed by atoms with Crippen molar-refractivity contribution in [3.05, 3.63) is 78.1 Å². The molecule has 0 aliphatic heterocycles. The Hall–Kier alpha value is -4.68. The van der Waals surface area contributed by atoms with E-state index in [2.05, 4.69) is 5.32 Å². The molecule has 12 heteroatoms. The molecule has 0 spiro atoms. The van der Waals surface area contributed by atoms with Crippen molar-refractivity contribution in [1.82, 2.24) is 4.90 Å². The van der Waals surface area contributed by atoms with Gasteiger partial charge < -0.3 is 29.0 Å². The van der Waals surface area contributed by atoms with E-state index in [1.165, 1.54) is 4.90 Å². The molecule has 1 aromatic heterocycles. The highest BCUT2D eigenvalue weighted by molar-refractivity contribution is 7.80. The van der Waals surface area contributed by atoms with Gasteiger partial charge in [-0.3, -0.25) is 18.1 Å². The van der Waals surface area contributed by atoms with Gasteiger partial charge in [-0.25, -0.2) is 4.79 Å². The first-order chi connectivity index (χ1) is 20.4. The number of carbonyl (C=O) groups excluding carboxylic acids is 2. The average molecular weight is 607 g/mol. The second kappa shape index (κ2) is 13.1. The molecule has 2 atom stereocenters. The van der Waals surface area contributed by atoms with Gasteiger partial charge in [0, 0.05) is 42.3 Å². The normalized spacial score (nSPS) is 12.5. The van der Waals surface area contributed by atoms with Crippen molar-refractivity contribution >= 4 is 51.4 Å². The molecule has 1 heterocycles. The number of hydrogen-bond acceptors (Lipinski definition) is 7. The molecule has 226 valence electrons. The predicted octanol–water partition coefficient (Wildman–Crippen LogP) is 4.84. The lowest BCUT2D eigenvalue weighted by Crippen LogP contribution is -2.45. The fourth-order valence-corrected chi connectivity index (χ4v) is 5.41. The lowest BCUT2D eigenvalue weighted by molar-refractivity contribution is -0.139. The van der Waals surface area contributed by atoms with E-state index in [1.54, 1.807) is 102 Å². The maximum Gasteiger partial charge on any atom is 0.327 e. The van der Waals surface area contributed by atoms with Gasteiger partial charge in [0.2, 0.25) is 0 Å². The summed E-state index contributed by atoms with van der Waals surface area (Å²) in [5, 5.41) is 13.0. The number of rotatable bonds is 11. The van der Waals surface area contributed by atoms with E-state index in [9.17, 15) is 28.3 Å². The zero-order valence-corrected chi connectivity index (χ0v) is 25.1. The number of aryl methyl sites for hydroxylation is 1. The zero-order valence-electron chi connectivity index (χ0n) is 24.3. The zero-order chi connectivity index (χ0) is 31.4. The minimum absolute atomic E-state index is 0.117. The minimum atomic E-state index is -2.78. The Kier molecular flexibility index (Phi) is 9.52. The van der Waals surface area contributed by atoms with Crippen molar-refractivity contribution < 1.29 is 37.4 Å². The molecule has 11 nitrogen and oxygen atoms in total. The molecule has 2 N–H and O–H groups in total. The Morgan fingerprint density at radius 1 is 1.00 bits per heavy atom. The number of carboxylic acid groups (broad SMARTS) is 1. The van der Waals surface area contributed by atoms with Crippen molar-refractivity contribution in [2.24, 2.45) is 5.92 Å². The van der Waals surface area contributed by atoms with Crippen LogP contribution in [0.1, 0.15) is 30.0 Å². The maximum absolute atomic E-state index is 13.1. The van der Waals surface area contributed by atoms with Crippen LogP contribution in [0.5, 0.6) is 5.75 Å². The number of nitrogens with zero attached hydrogens (tertiary/aromatic N) is 2. The Labute approximate surface area is 251 Å². The van der Waals surface area contributed by atoms with E-state index in [4.69, 9.17) is 9.15 Å². The number of furan rings is 1. The summed E-state index contributed by atoms with van der Waals surface area (Å²) < 4.78 is 36.2. The number of fused-ring (bicyclic) bond motifs is 1. The smallest absolute Gasteiger partial charge is 0.327 e. The Balaban J connectivity index is 1.50. The molecule has 0 aliphatic carbocycles. The molecule has 0 fully saturated rings. The number of likely N-dealkylation sites (N-methyl/N-ethyl adjacent to an activating group) is 1. The van der Waals surface area contributed by atoms with E-state index < -0.39 is 35.1 Å². The van der Waals surface area contributed by atoms with Gasteiger partial charge in [-0.2, -0.15) is 0 Å². The summed E-state index contributed by atoms with van der Waals surface area (Å²) in [6.45, 7) is 4.89. The highest BCUT2D eigenvalue weighted by Crippen LogP contribution is 2.34. The minimum Gasteiger partial charge on any atom is -0.755 e. The van der Waals surface area contributed by atoms with Crippen LogP contribution in [0.25, 0.3) is 22.1 Å². The van der Waals surface area contributed by atoms with Crippen molar-refractivity contribution in [3.8, 4) is 16.9 Å². The first-order valence-corrected chi connectivity index (χ1v) is 14.4. The van der Waals surface area contributed by atoms with Crippen LogP contribution in [0.15, 0.2) is 71.1 Å². The van der Waals surface area contributed by atoms with Crippen LogP contribution in [-0.2, 0) is 20.9 Å². The lowest BCUT2D eigenvalue weighted by Gasteiger charge is -2.34. The van der Waals surface area contributed by atoms with Gasteiger partial charge in [0.15, 0.2) is 12.4 Å². The van der Waals surface area contributed by atoms with Crippen molar-refractivity contribution in [2.75, 3.05) is 30.3 Å². The Morgan fingerprint density at radius 2 is 1.60 bits per heavy atom. The number of ether oxygens (including phenoxy) is 1. The number of amides is 2. The highest BCUT2D eigenvalue weighted by atomic mass is 32.2. The van der Waals surface area contributed by atoms with Gasteiger partial charge in [0.05, 0.1) is 5.39 Å². The summed E-state index contributed by atoms with van der Waals surface area (Å²) in [5.74, 6) is -1.78. The third kappa shape index (κ3) is 6.87. The SMILES string of the molecule is Cc1c(C(=O)Nc2ccc(-c3ccc(N(C(C(=O)O)C(C)C)S(=O)[O-])cc3)cc2)oc2cccc(OCC(=O)N(C)C)c12. The third-order valence-corrected chi connectivity index (χ3v) is 7.63. The van der Waals surface area contributed by atoms with Gasteiger partial charge in [-0.1, -0.05) is 44.2 Å². The first kappa shape index (κ1) is 31.3. The molecule has 2 unspecified atom stereocenters. The number of anilines is 2. The molecule has 43 heavy (non-hydrogen) atoms. The summed E-state index contributed by atoms with van der Waals surface area (Å²) >= 11 is -2.78. The predicted molar refractivity (Wildman–Crippen MR) is 163 cm³/mol. The largest absolute Gasteiger partial charge is 0.755 e. The van der Waals surface area contributed by atoms with Crippen LogP contribution in [0, 0.1) is 12.8 Å². The van der Waals surface area contributed by atoms with E-state index in [-0.39, 0.29) is 24.0 Å². The highest BCUT2D eigenvalue weighted by Gasteiger charge is 2.30. The first-order valence-electron chi connectivity index (χ1n) is 13.4. The second-order valence-electron chi connectivity index (χ2n) is 10.4. The van der Waals surface area contributed by atoms with E-state index >= 15 is 0 Å². The van der Waals surface area contributed by atoms with Crippen LogP contribution >= 0.6 is 0 Å². The van der Waals surface area contributed by atoms with E-state index in [0.717, 1.165) is 15.4 Å². The summed E-state index contributed by atoms with van der Waals surface area (Å²) in [6.07, 6.45) is 0. The molecule has 0 saturated carbocycles. The molecule has 2 amide bonds. The van der Waals surface area contributed by atoms with Crippen LogP contribution < -0.4 is 14.4 Å². The third-order valence-electron chi connectivity index (χ3n) is 6.87. The van der Waals surface area contributed by atoms with Crippen LogP contribution in [-0.4, -0.2) is 63.3 Å². The van der Waals surface area contributed by atoms with E-state index in [1.807, 2.05) is 0 Å². The van der Waals surface area contributed by atoms with Crippen molar-refractivity contribution in [3.63, 3.8) is 0 Å². The molecular weight excluding hydrogens is 574 g/mol. The summed E-state index contributed by atoms with van der Waals surface area (Å²) in [7, 11) is 3.28.